The fourth-order valence-corrected chi connectivity index (χ4v) is 5.98. The Morgan fingerprint density at radius 3 is 2.57 bits per heavy atom. The normalized spacial score (nSPS) is 39.7. The second-order valence-electron chi connectivity index (χ2n) is 11.9. The number of carbonyl (C=O) groups is 1. The number of carbonyl (C=O) groups excluding carboxylic acids is 1. The molecule has 15 nitrogen and oxygen atoms in total. The van der Waals surface area contributed by atoms with Gasteiger partial charge in [0.25, 0.3) is 0 Å². The molecule has 1 amide bonds. The molecule has 0 radical (unpaired) electrons. The van der Waals surface area contributed by atoms with E-state index in [1.807, 2.05) is 6.08 Å². The van der Waals surface area contributed by atoms with E-state index in [2.05, 4.69) is 16.0 Å². The topological polar surface area (TPSA) is 266 Å². The van der Waals surface area contributed by atoms with Crippen LogP contribution in [0.5, 0.6) is 0 Å². The molecule has 0 spiro atoms. The maximum Gasteiger partial charge on any atom is 0.249 e. The van der Waals surface area contributed by atoms with E-state index in [9.17, 15) is 25.2 Å². The Hall–Kier alpha value is -1.47. The molecule has 15 heteroatoms. The summed E-state index contributed by atoms with van der Waals surface area (Å²) in [6.45, 7) is 3.51. The monoisotopic (exact) mass is 603 g/mol. The number of amides is 1. The molecule has 2 saturated carbocycles. The number of aliphatic hydroxyl groups excluding tert-OH is 3. The Kier molecular flexibility index (Phi) is 13.4. The van der Waals surface area contributed by atoms with Crippen molar-refractivity contribution in [2.75, 3.05) is 33.2 Å². The van der Waals surface area contributed by atoms with Crippen LogP contribution >= 0.6 is 0 Å². The number of hydrogen-bond donors (Lipinski definition) is 11. The molecule has 3 rings (SSSR count). The van der Waals surface area contributed by atoms with Gasteiger partial charge >= 0.3 is 0 Å². The van der Waals surface area contributed by atoms with Crippen molar-refractivity contribution in [3.8, 4) is 0 Å². The van der Waals surface area contributed by atoms with Crippen molar-refractivity contribution in [3.05, 3.63) is 11.8 Å². The molecule has 0 aromatic heterocycles. The van der Waals surface area contributed by atoms with Crippen molar-refractivity contribution in [2.24, 2.45) is 22.9 Å². The lowest BCUT2D eigenvalue weighted by molar-refractivity contribution is -0.240. The SMILES string of the molecule is CN[C@@H]1[C@@H](O)[C@@H](O[C@@H]2[C@@H](O)[C@H](O[C@H]3OC(CNCCCN)=CC[C@H]3N)[C@@H](N)C[C@H]2NC(=O)[C@@H](O)CCN)CC[C@]1(C)O. The second kappa shape index (κ2) is 16.0. The number of nitrogens with one attached hydrogen (secondary N) is 3. The summed E-state index contributed by atoms with van der Waals surface area (Å²) in [7, 11) is 1.63. The molecule has 42 heavy (non-hydrogen) atoms. The number of ether oxygens (including phenoxy) is 3. The van der Waals surface area contributed by atoms with Crippen molar-refractivity contribution < 1.29 is 39.4 Å². The predicted octanol–water partition coefficient (Wildman–Crippen LogP) is -4.20. The van der Waals surface area contributed by atoms with Gasteiger partial charge in [-0.25, -0.2) is 0 Å². The van der Waals surface area contributed by atoms with Gasteiger partial charge in [0.15, 0.2) is 0 Å². The summed E-state index contributed by atoms with van der Waals surface area (Å²) in [5.74, 6) is -0.0208. The van der Waals surface area contributed by atoms with Crippen LogP contribution in [0.2, 0.25) is 0 Å². The molecule has 0 saturated heterocycles. The summed E-state index contributed by atoms with van der Waals surface area (Å²) < 4.78 is 18.5. The fourth-order valence-electron chi connectivity index (χ4n) is 5.98. The molecule has 2 fully saturated rings. The van der Waals surface area contributed by atoms with Gasteiger partial charge in [-0.15, -0.1) is 0 Å². The highest BCUT2D eigenvalue weighted by Crippen LogP contribution is 2.34. The Morgan fingerprint density at radius 1 is 1.17 bits per heavy atom. The minimum Gasteiger partial charge on any atom is -0.467 e. The third kappa shape index (κ3) is 8.80. The molecule has 2 aliphatic carbocycles. The minimum atomic E-state index is -1.36. The molecule has 12 atom stereocenters. The number of rotatable bonds is 14. The Morgan fingerprint density at radius 2 is 1.90 bits per heavy atom. The van der Waals surface area contributed by atoms with E-state index >= 15 is 0 Å². The van der Waals surface area contributed by atoms with E-state index in [1.165, 1.54) is 0 Å². The summed E-state index contributed by atoms with van der Waals surface area (Å²) in [5.41, 5.74) is 22.6. The van der Waals surface area contributed by atoms with Crippen molar-refractivity contribution >= 4 is 5.91 Å². The van der Waals surface area contributed by atoms with E-state index in [4.69, 9.17) is 37.1 Å². The lowest BCUT2D eigenvalue weighted by atomic mass is 9.77. The van der Waals surface area contributed by atoms with Gasteiger partial charge in [-0.1, -0.05) is 0 Å². The highest BCUT2D eigenvalue weighted by Gasteiger charge is 2.51. The largest absolute Gasteiger partial charge is 0.467 e. The summed E-state index contributed by atoms with van der Waals surface area (Å²) in [4.78, 5) is 12.7. The van der Waals surface area contributed by atoms with Crippen LogP contribution in [0.1, 0.15) is 45.4 Å². The van der Waals surface area contributed by atoms with Gasteiger partial charge < -0.3 is 73.5 Å². The predicted molar refractivity (Wildman–Crippen MR) is 155 cm³/mol. The van der Waals surface area contributed by atoms with Crippen molar-refractivity contribution in [1.29, 1.82) is 0 Å². The maximum atomic E-state index is 12.7. The van der Waals surface area contributed by atoms with E-state index in [1.54, 1.807) is 14.0 Å². The van der Waals surface area contributed by atoms with E-state index in [-0.39, 0.29) is 19.4 Å². The molecule has 0 aromatic rings. The lowest BCUT2D eigenvalue weighted by Crippen LogP contribution is -2.68. The number of hydrogen-bond acceptors (Lipinski definition) is 14. The van der Waals surface area contributed by atoms with Crippen LogP contribution in [0, 0.1) is 0 Å². The van der Waals surface area contributed by atoms with Gasteiger partial charge in [-0.2, -0.15) is 0 Å². The van der Waals surface area contributed by atoms with Gasteiger partial charge in [-0.3, -0.25) is 4.79 Å². The first-order chi connectivity index (χ1) is 19.9. The Labute approximate surface area is 247 Å². The third-order valence-electron chi connectivity index (χ3n) is 8.44. The Bertz CT molecular complexity index is 883. The van der Waals surface area contributed by atoms with Crippen LogP contribution in [0.25, 0.3) is 0 Å². The number of aliphatic hydroxyl groups is 4. The molecule has 244 valence electrons. The van der Waals surface area contributed by atoms with Crippen molar-refractivity contribution in [2.45, 2.75) is 118 Å². The standard InChI is InChI=1S/C27H53N7O8/c1-27(39)8-6-19(20(36)24(27)32-2)41-23-17(34-25(38)18(35)7-10-29)12-16(31)22(21(23)37)42-26-15(30)5-4-14(40-26)13-33-11-3-9-28/h4,15-24,26,32-33,35-37,39H,3,5-13,28-31H2,1-2H3,(H,34,38)/t15-,16+,17-,18+,19+,20+,21+,22-,23+,24-,26-,27+/m1/s1. The highest BCUT2D eigenvalue weighted by atomic mass is 16.7. The van der Waals surface area contributed by atoms with Crippen LogP contribution in [0.3, 0.4) is 0 Å². The zero-order valence-electron chi connectivity index (χ0n) is 24.7. The number of likely N-dealkylation sites (N-methyl/N-ethyl adjacent to an activating group) is 1. The zero-order chi connectivity index (χ0) is 31.0. The van der Waals surface area contributed by atoms with Crippen molar-refractivity contribution in [3.63, 3.8) is 0 Å². The smallest absolute Gasteiger partial charge is 0.249 e. The van der Waals surface area contributed by atoms with Gasteiger partial charge in [0.1, 0.15) is 30.2 Å². The van der Waals surface area contributed by atoms with Crippen LogP contribution in [-0.4, -0.2) is 132 Å². The van der Waals surface area contributed by atoms with E-state index < -0.39 is 78.6 Å². The average molecular weight is 604 g/mol. The number of nitrogens with two attached hydrogens (primary N) is 4. The third-order valence-corrected chi connectivity index (χ3v) is 8.44. The maximum absolute atomic E-state index is 12.7. The molecular weight excluding hydrogens is 550 g/mol. The fraction of sp³-hybridized carbons (Fsp3) is 0.889. The van der Waals surface area contributed by atoms with Gasteiger partial charge in [-0.05, 0) is 78.2 Å². The highest BCUT2D eigenvalue weighted by molar-refractivity contribution is 5.80. The molecule has 0 aromatic carbocycles. The first kappa shape index (κ1) is 35.0. The van der Waals surface area contributed by atoms with Gasteiger partial charge in [0.05, 0.1) is 42.5 Å². The molecular formula is C27H53N7O8. The molecule has 3 aliphatic rings. The quantitative estimate of drug-likeness (QED) is 0.0841. The first-order valence-corrected chi connectivity index (χ1v) is 15.0. The van der Waals surface area contributed by atoms with Crippen molar-refractivity contribution in [1.82, 2.24) is 16.0 Å². The summed E-state index contributed by atoms with van der Waals surface area (Å²) in [5, 5.41) is 52.6. The van der Waals surface area contributed by atoms with Crippen LogP contribution in [0.15, 0.2) is 11.8 Å². The van der Waals surface area contributed by atoms with Crippen LogP contribution in [-0.2, 0) is 19.0 Å². The second-order valence-corrected chi connectivity index (χ2v) is 11.9. The summed E-state index contributed by atoms with van der Waals surface area (Å²) in [6, 6.07) is -2.78. The van der Waals surface area contributed by atoms with E-state index in [0.717, 1.165) is 13.0 Å². The minimum absolute atomic E-state index is 0.0541. The van der Waals surface area contributed by atoms with Crippen LogP contribution in [0.4, 0.5) is 0 Å². The summed E-state index contributed by atoms with van der Waals surface area (Å²) >= 11 is 0. The first-order valence-electron chi connectivity index (χ1n) is 15.0. The lowest BCUT2D eigenvalue weighted by Gasteiger charge is -2.49. The molecule has 15 N–H and O–H groups in total. The zero-order valence-corrected chi connectivity index (χ0v) is 24.7. The molecule has 1 heterocycles. The molecule has 0 bridgehead atoms. The molecule has 1 aliphatic heterocycles. The Balaban J connectivity index is 1.77. The van der Waals surface area contributed by atoms with Crippen LogP contribution < -0.4 is 38.9 Å². The molecule has 0 unspecified atom stereocenters. The van der Waals surface area contributed by atoms with Gasteiger partial charge in [0, 0.05) is 6.04 Å². The van der Waals surface area contributed by atoms with Gasteiger partial charge in [0.2, 0.25) is 12.2 Å². The average Bonchev–Trinajstić information content (AvgIpc) is 2.93. The summed E-state index contributed by atoms with van der Waals surface area (Å²) in [6.07, 6.45) is -3.55. The van der Waals surface area contributed by atoms with E-state index in [0.29, 0.717) is 38.1 Å².